The van der Waals surface area contributed by atoms with Gasteiger partial charge in [-0.05, 0) is 48.4 Å². The van der Waals surface area contributed by atoms with Crippen LogP contribution >= 0.6 is 22.9 Å². The van der Waals surface area contributed by atoms with Crippen molar-refractivity contribution in [2.24, 2.45) is 0 Å². The Morgan fingerprint density at radius 3 is 2.76 bits per heavy atom. The molecular weight excluding hydrogens is 250 g/mol. The van der Waals surface area contributed by atoms with E-state index in [0.29, 0.717) is 0 Å². The number of aryl methyl sites for hydroxylation is 2. The maximum absolute atomic E-state index is 4.21. The van der Waals surface area contributed by atoms with Crippen molar-refractivity contribution >= 4 is 22.9 Å². The summed E-state index contributed by atoms with van der Waals surface area (Å²) in [5, 5.41) is 9.90. The molecule has 1 unspecified atom stereocenters. The lowest BCUT2D eigenvalue weighted by Gasteiger charge is -2.16. The average molecular weight is 267 g/mol. The standard InChI is InChI=1S/C12H17N3S2/c1-4-9-12(17-15-14-9)10(13-5-2)11-8(3)6-7-16-11/h6-7,10,13H,4-5H2,1-3H3. The predicted octanol–water partition coefficient (Wildman–Crippen LogP) is 3.17. The van der Waals surface area contributed by atoms with Gasteiger partial charge in [-0.2, -0.15) is 0 Å². The third-order valence-electron chi connectivity index (χ3n) is 2.75. The van der Waals surface area contributed by atoms with Crippen LogP contribution in [-0.2, 0) is 6.42 Å². The van der Waals surface area contributed by atoms with Gasteiger partial charge >= 0.3 is 0 Å². The van der Waals surface area contributed by atoms with Crippen LogP contribution in [0, 0.1) is 6.92 Å². The summed E-state index contributed by atoms with van der Waals surface area (Å²) in [6.07, 6.45) is 0.943. The average Bonchev–Trinajstić information content (AvgIpc) is 2.94. The lowest BCUT2D eigenvalue weighted by atomic mass is 10.1. The molecule has 2 heterocycles. The zero-order valence-electron chi connectivity index (χ0n) is 10.4. The van der Waals surface area contributed by atoms with Crippen molar-refractivity contribution in [3.05, 3.63) is 32.5 Å². The summed E-state index contributed by atoms with van der Waals surface area (Å²) in [4.78, 5) is 2.65. The number of nitrogens with zero attached hydrogens (tertiary/aromatic N) is 2. The molecule has 0 saturated heterocycles. The van der Waals surface area contributed by atoms with Crippen molar-refractivity contribution in [2.45, 2.75) is 33.2 Å². The van der Waals surface area contributed by atoms with Crippen molar-refractivity contribution in [3.8, 4) is 0 Å². The first-order chi connectivity index (χ1) is 8.27. The molecule has 0 bridgehead atoms. The third-order valence-corrected chi connectivity index (χ3v) is 4.67. The molecule has 0 aliphatic heterocycles. The molecule has 5 heteroatoms. The highest BCUT2D eigenvalue weighted by Gasteiger charge is 2.21. The molecule has 3 nitrogen and oxygen atoms in total. The summed E-state index contributed by atoms with van der Waals surface area (Å²) in [7, 11) is 0. The fraction of sp³-hybridized carbons (Fsp3) is 0.500. The number of aromatic nitrogens is 2. The second-order valence-electron chi connectivity index (χ2n) is 3.90. The quantitative estimate of drug-likeness (QED) is 0.904. The van der Waals surface area contributed by atoms with Gasteiger partial charge in [0.2, 0.25) is 0 Å². The van der Waals surface area contributed by atoms with Crippen LogP contribution < -0.4 is 5.32 Å². The molecule has 0 radical (unpaired) electrons. The number of nitrogens with one attached hydrogen (secondary N) is 1. The highest BCUT2D eigenvalue weighted by atomic mass is 32.1. The molecule has 2 rings (SSSR count). The van der Waals surface area contributed by atoms with Gasteiger partial charge in [-0.3, -0.25) is 0 Å². The number of hydrogen-bond donors (Lipinski definition) is 1. The summed E-state index contributed by atoms with van der Waals surface area (Å²) in [6, 6.07) is 2.43. The highest BCUT2D eigenvalue weighted by molar-refractivity contribution is 7.10. The minimum atomic E-state index is 0.259. The van der Waals surface area contributed by atoms with Crippen molar-refractivity contribution in [1.82, 2.24) is 14.9 Å². The minimum Gasteiger partial charge on any atom is -0.305 e. The van der Waals surface area contributed by atoms with Crippen LogP contribution in [0.3, 0.4) is 0 Å². The largest absolute Gasteiger partial charge is 0.305 e. The van der Waals surface area contributed by atoms with Crippen LogP contribution in [-0.4, -0.2) is 16.1 Å². The highest BCUT2D eigenvalue weighted by Crippen LogP contribution is 2.32. The molecule has 1 atom stereocenters. The molecule has 2 aromatic rings. The lowest BCUT2D eigenvalue weighted by molar-refractivity contribution is 0.639. The summed E-state index contributed by atoms with van der Waals surface area (Å²) < 4.78 is 4.09. The molecule has 0 aromatic carbocycles. The Morgan fingerprint density at radius 1 is 1.35 bits per heavy atom. The van der Waals surface area contributed by atoms with Gasteiger partial charge in [0.05, 0.1) is 16.6 Å². The smallest absolute Gasteiger partial charge is 0.0804 e. The molecule has 0 amide bonds. The van der Waals surface area contributed by atoms with Crippen molar-refractivity contribution < 1.29 is 0 Å². The molecular formula is C12H17N3S2. The van der Waals surface area contributed by atoms with E-state index in [1.165, 1.54) is 26.9 Å². The Balaban J connectivity index is 2.39. The van der Waals surface area contributed by atoms with E-state index in [4.69, 9.17) is 0 Å². The number of hydrogen-bond acceptors (Lipinski definition) is 5. The maximum Gasteiger partial charge on any atom is 0.0804 e. The SMILES string of the molecule is CCNC(c1sccc1C)c1snnc1CC. The molecule has 2 aromatic heterocycles. The van der Waals surface area contributed by atoms with E-state index in [-0.39, 0.29) is 6.04 Å². The molecule has 1 N–H and O–H groups in total. The molecule has 0 fully saturated rings. The Labute approximate surface area is 110 Å². The van der Waals surface area contributed by atoms with Crippen LogP contribution in [0.2, 0.25) is 0 Å². The first kappa shape index (κ1) is 12.7. The van der Waals surface area contributed by atoms with Gasteiger partial charge in [-0.1, -0.05) is 18.3 Å². The van der Waals surface area contributed by atoms with Gasteiger partial charge in [-0.25, -0.2) is 0 Å². The van der Waals surface area contributed by atoms with Crippen LogP contribution in [0.25, 0.3) is 0 Å². The monoisotopic (exact) mass is 267 g/mol. The summed E-state index contributed by atoms with van der Waals surface area (Å²) in [6.45, 7) is 7.37. The van der Waals surface area contributed by atoms with E-state index in [2.05, 4.69) is 47.1 Å². The van der Waals surface area contributed by atoms with Crippen LogP contribution in [0.5, 0.6) is 0 Å². The number of rotatable bonds is 5. The van der Waals surface area contributed by atoms with Crippen molar-refractivity contribution in [1.29, 1.82) is 0 Å². The first-order valence-electron chi connectivity index (χ1n) is 5.86. The van der Waals surface area contributed by atoms with Gasteiger partial charge in [0.15, 0.2) is 0 Å². The van der Waals surface area contributed by atoms with E-state index in [0.717, 1.165) is 18.7 Å². The Hall–Kier alpha value is -0.780. The fourth-order valence-electron chi connectivity index (χ4n) is 1.87. The van der Waals surface area contributed by atoms with E-state index in [1.54, 1.807) is 11.3 Å². The molecule has 0 aliphatic rings. The second kappa shape index (κ2) is 5.71. The number of thiophene rings is 1. The Bertz CT molecular complexity index is 476. The first-order valence-corrected chi connectivity index (χ1v) is 7.51. The summed E-state index contributed by atoms with van der Waals surface area (Å²) in [5.74, 6) is 0. The molecule has 0 aliphatic carbocycles. The third kappa shape index (κ3) is 2.56. The van der Waals surface area contributed by atoms with Crippen LogP contribution in [0.15, 0.2) is 11.4 Å². The fourth-order valence-corrected chi connectivity index (χ4v) is 3.78. The second-order valence-corrected chi connectivity index (χ2v) is 5.63. The normalized spacial score (nSPS) is 12.9. The van der Waals surface area contributed by atoms with Crippen molar-refractivity contribution in [3.63, 3.8) is 0 Å². The maximum atomic E-state index is 4.21. The van der Waals surface area contributed by atoms with E-state index in [9.17, 15) is 0 Å². The van der Waals surface area contributed by atoms with E-state index in [1.807, 2.05) is 0 Å². The van der Waals surface area contributed by atoms with E-state index < -0.39 is 0 Å². The summed E-state index contributed by atoms with van der Waals surface area (Å²) in [5.41, 5.74) is 2.46. The molecule has 92 valence electrons. The Kier molecular flexibility index (Phi) is 4.25. The molecule has 17 heavy (non-hydrogen) atoms. The van der Waals surface area contributed by atoms with Gasteiger partial charge in [0.25, 0.3) is 0 Å². The van der Waals surface area contributed by atoms with Gasteiger partial charge in [0.1, 0.15) is 0 Å². The lowest BCUT2D eigenvalue weighted by Crippen LogP contribution is -2.21. The van der Waals surface area contributed by atoms with Crippen LogP contribution in [0.4, 0.5) is 0 Å². The van der Waals surface area contributed by atoms with Gasteiger partial charge < -0.3 is 5.32 Å². The molecule has 0 spiro atoms. The zero-order valence-corrected chi connectivity index (χ0v) is 12.0. The van der Waals surface area contributed by atoms with Crippen molar-refractivity contribution in [2.75, 3.05) is 6.54 Å². The van der Waals surface area contributed by atoms with Gasteiger partial charge in [-0.15, -0.1) is 16.4 Å². The van der Waals surface area contributed by atoms with Crippen LogP contribution in [0.1, 0.15) is 40.9 Å². The topological polar surface area (TPSA) is 37.8 Å². The minimum absolute atomic E-state index is 0.259. The molecule has 0 saturated carbocycles. The Morgan fingerprint density at radius 2 is 2.18 bits per heavy atom. The summed E-state index contributed by atoms with van der Waals surface area (Å²) >= 11 is 3.32. The van der Waals surface area contributed by atoms with Gasteiger partial charge in [0, 0.05) is 4.88 Å². The predicted molar refractivity (Wildman–Crippen MR) is 73.9 cm³/mol. The van der Waals surface area contributed by atoms with E-state index >= 15 is 0 Å². The zero-order chi connectivity index (χ0) is 12.3.